The van der Waals surface area contributed by atoms with E-state index in [9.17, 15) is 4.79 Å². The average molecular weight is 307 g/mol. The number of nitrogens with zero attached hydrogens (tertiary/aromatic N) is 2. The molecule has 1 fully saturated rings. The van der Waals surface area contributed by atoms with E-state index in [0.717, 1.165) is 25.1 Å². The lowest BCUT2D eigenvalue weighted by molar-refractivity contribution is 0.0235. The van der Waals surface area contributed by atoms with Crippen LogP contribution in [0, 0.1) is 0 Å². The highest BCUT2D eigenvalue weighted by Crippen LogP contribution is 2.24. The van der Waals surface area contributed by atoms with Gasteiger partial charge in [0.25, 0.3) is 0 Å². The summed E-state index contributed by atoms with van der Waals surface area (Å²) in [5.74, 6) is 0.560. The van der Waals surface area contributed by atoms with E-state index < -0.39 is 5.60 Å². The molecule has 1 amide bonds. The van der Waals surface area contributed by atoms with Crippen LogP contribution in [0.5, 0.6) is 5.88 Å². The summed E-state index contributed by atoms with van der Waals surface area (Å²) in [5, 5.41) is 3.32. The summed E-state index contributed by atoms with van der Waals surface area (Å²) in [7, 11) is 1.59. The molecule has 0 radical (unpaired) electrons. The van der Waals surface area contributed by atoms with Gasteiger partial charge >= 0.3 is 6.09 Å². The van der Waals surface area contributed by atoms with Crippen LogP contribution in [0.2, 0.25) is 0 Å². The maximum absolute atomic E-state index is 12.2. The van der Waals surface area contributed by atoms with E-state index in [1.54, 1.807) is 18.2 Å². The lowest BCUT2D eigenvalue weighted by atomic mass is 10.2. The van der Waals surface area contributed by atoms with Crippen molar-refractivity contribution in [1.29, 1.82) is 0 Å². The smallest absolute Gasteiger partial charge is 0.410 e. The minimum absolute atomic E-state index is 0.125. The summed E-state index contributed by atoms with van der Waals surface area (Å²) < 4.78 is 10.7. The van der Waals surface area contributed by atoms with Gasteiger partial charge in [-0.25, -0.2) is 9.78 Å². The van der Waals surface area contributed by atoms with Crippen LogP contribution in [0.1, 0.15) is 33.6 Å². The van der Waals surface area contributed by atoms with Gasteiger partial charge in [0.15, 0.2) is 0 Å². The van der Waals surface area contributed by atoms with Crippen LogP contribution in [0.3, 0.4) is 0 Å². The average Bonchev–Trinajstić information content (AvgIpc) is 2.92. The number of nitrogens with one attached hydrogen (secondary N) is 1. The Balaban J connectivity index is 1.95. The molecule has 1 aliphatic rings. The predicted octanol–water partition coefficient (Wildman–Crippen LogP) is 2.90. The molecule has 2 heterocycles. The Kier molecular flexibility index (Phi) is 5.11. The molecule has 122 valence electrons. The maximum Gasteiger partial charge on any atom is 0.410 e. The van der Waals surface area contributed by atoms with Crippen molar-refractivity contribution in [1.82, 2.24) is 9.88 Å². The topological polar surface area (TPSA) is 63.7 Å². The van der Waals surface area contributed by atoms with Crippen molar-refractivity contribution in [2.45, 2.75) is 45.3 Å². The molecule has 0 spiro atoms. The zero-order valence-electron chi connectivity index (χ0n) is 13.8. The van der Waals surface area contributed by atoms with Gasteiger partial charge in [-0.05, 0) is 45.7 Å². The van der Waals surface area contributed by atoms with Crippen LogP contribution >= 0.6 is 0 Å². The van der Waals surface area contributed by atoms with Gasteiger partial charge in [0.1, 0.15) is 5.60 Å². The summed E-state index contributed by atoms with van der Waals surface area (Å²) in [6.07, 6.45) is 3.41. The first-order valence-corrected chi connectivity index (χ1v) is 7.63. The summed E-state index contributed by atoms with van der Waals surface area (Å²) in [4.78, 5) is 18.2. The number of hydrogen-bond donors (Lipinski definition) is 1. The normalized spacial score (nSPS) is 18.2. The Hall–Kier alpha value is -1.98. The standard InChI is InChI=1S/C16H25N3O3/c1-16(2,3)22-15(20)19-10-6-7-12(19)11-18-13-8-5-9-17-14(13)21-4/h5,8-9,12,18H,6-7,10-11H2,1-4H3. The molecule has 1 aliphatic heterocycles. The lowest BCUT2D eigenvalue weighted by Gasteiger charge is -2.29. The first kappa shape index (κ1) is 16.4. The molecule has 22 heavy (non-hydrogen) atoms. The molecule has 1 aromatic rings. The van der Waals surface area contributed by atoms with Crippen molar-refractivity contribution in [3.63, 3.8) is 0 Å². The van der Waals surface area contributed by atoms with Gasteiger partial charge in [0.05, 0.1) is 18.8 Å². The van der Waals surface area contributed by atoms with Gasteiger partial charge < -0.3 is 19.7 Å². The van der Waals surface area contributed by atoms with E-state index in [2.05, 4.69) is 10.3 Å². The van der Waals surface area contributed by atoms with Crippen molar-refractivity contribution in [3.05, 3.63) is 18.3 Å². The van der Waals surface area contributed by atoms with Gasteiger partial charge in [-0.1, -0.05) is 0 Å². The van der Waals surface area contributed by atoms with E-state index >= 15 is 0 Å². The molecule has 1 saturated heterocycles. The number of ether oxygens (including phenoxy) is 2. The van der Waals surface area contributed by atoms with Crippen LogP contribution in [-0.4, -0.2) is 47.8 Å². The SMILES string of the molecule is COc1ncccc1NCC1CCCN1C(=O)OC(C)(C)C. The third-order valence-electron chi connectivity index (χ3n) is 3.50. The Morgan fingerprint density at radius 2 is 2.27 bits per heavy atom. The van der Waals surface area contributed by atoms with E-state index in [0.29, 0.717) is 12.4 Å². The predicted molar refractivity (Wildman–Crippen MR) is 85.2 cm³/mol. The van der Waals surface area contributed by atoms with Gasteiger partial charge in [-0.2, -0.15) is 0 Å². The van der Waals surface area contributed by atoms with Crippen LogP contribution in [0.4, 0.5) is 10.5 Å². The first-order valence-electron chi connectivity index (χ1n) is 7.63. The zero-order valence-corrected chi connectivity index (χ0v) is 13.8. The number of rotatable bonds is 4. The van der Waals surface area contributed by atoms with Gasteiger partial charge in [0, 0.05) is 19.3 Å². The number of pyridine rings is 1. The number of methoxy groups -OCH3 is 1. The second-order valence-corrected chi connectivity index (χ2v) is 6.41. The fraction of sp³-hybridized carbons (Fsp3) is 0.625. The van der Waals surface area contributed by atoms with E-state index in [1.807, 2.05) is 32.9 Å². The summed E-state index contributed by atoms with van der Waals surface area (Å²) in [6, 6.07) is 3.89. The highest BCUT2D eigenvalue weighted by atomic mass is 16.6. The van der Waals surface area contributed by atoms with E-state index in [4.69, 9.17) is 9.47 Å². The molecule has 6 heteroatoms. The van der Waals surface area contributed by atoms with Crippen LogP contribution in [0.25, 0.3) is 0 Å². The van der Waals surface area contributed by atoms with E-state index in [1.165, 1.54) is 0 Å². The fourth-order valence-corrected chi connectivity index (χ4v) is 2.52. The Morgan fingerprint density at radius 1 is 1.50 bits per heavy atom. The van der Waals surface area contributed by atoms with Crippen LogP contribution in [-0.2, 0) is 4.74 Å². The minimum atomic E-state index is -0.468. The number of hydrogen-bond acceptors (Lipinski definition) is 5. The van der Waals surface area contributed by atoms with Gasteiger partial charge in [0.2, 0.25) is 5.88 Å². The quantitative estimate of drug-likeness (QED) is 0.926. The molecule has 0 saturated carbocycles. The number of amides is 1. The molecule has 0 aliphatic carbocycles. The maximum atomic E-state index is 12.2. The third-order valence-corrected chi connectivity index (χ3v) is 3.50. The van der Waals surface area contributed by atoms with Gasteiger partial charge in [-0.3, -0.25) is 0 Å². The molecule has 0 bridgehead atoms. The van der Waals surface area contributed by atoms with Crippen molar-refractivity contribution in [3.8, 4) is 5.88 Å². The first-order chi connectivity index (χ1) is 10.4. The summed E-state index contributed by atoms with van der Waals surface area (Å²) in [5.41, 5.74) is 0.366. The monoisotopic (exact) mass is 307 g/mol. The number of anilines is 1. The Bertz CT molecular complexity index is 514. The highest BCUT2D eigenvalue weighted by Gasteiger charge is 2.32. The zero-order chi connectivity index (χ0) is 16.2. The van der Waals surface area contributed by atoms with Gasteiger partial charge in [-0.15, -0.1) is 0 Å². The highest BCUT2D eigenvalue weighted by molar-refractivity contribution is 5.69. The molecular weight excluding hydrogens is 282 g/mol. The van der Waals surface area contributed by atoms with Crippen molar-refractivity contribution in [2.75, 3.05) is 25.5 Å². The molecule has 1 N–H and O–H groups in total. The van der Waals surface area contributed by atoms with Crippen molar-refractivity contribution in [2.24, 2.45) is 0 Å². The Labute approximate surface area is 131 Å². The fourth-order valence-electron chi connectivity index (χ4n) is 2.52. The molecule has 2 rings (SSSR count). The van der Waals surface area contributed by atoms with E-state index in [-0.39, 0.29) is 12.1 Å². The molecule has 6 nitrogen and oxygen atoms in total. The minimum Gasteiger partial charge on any atom is -0.480 e. The summed E-state index contributed by atoms with van der Waals surface area (Å²) in [6.45, 7) is 7.05. The van der Waals surface area contributed by atoms with Crippen LogP contribution < -0.4 is 10.1 Å². The Morgan fingerprint density at radius 3 is 2.95 bits per heavy atom. The molecule has 1 unspecified atom stereocenters. The molecule has 1 atom stereocenters. The number of carbonyl (C=O) groups is 1. The van der Waals surface area contributed by atoms with Crippen molar-refractivity contribution < 1.29 is 14.3 Å². The summed E-state index contributed by atoms with van der Waals surface area (Å²) >= 11 is 0. The van der Waals surface area contributed by atoms with Crippen LogP contribution in [0.15, 0.2) is 18.3 Å². The number of likely N-dealkylation sites (tertiary alicyclic amines) is 1. The molecule has 1 aromatic heterocycles. The molecule has 0 aromatic carbocycles. The number of aromatic nitrogens is 1. The second kappa shape index (κ2) is 6.85. The number of carbonyl (C=O) groups excluding carboxylic acids is 1. The lowest BCUT2D eigenvalue weighted by Crippen LogP contribution is -2.42. The largest absolute Gasteiger partial charge is 0.480 e. The van der Waals surface area contributed by atoms with Crippen molar-refractivity contribution >= 4 is 11.8 Å². The molecular formula is C16H25N3O3. The second-order valence-electron chi connectivity index (χ2n) is 6.41. The third kappa shape index (κ3) is 4.26.